The van der Waals surface area contributed by atoms with Gasteiger partial charge in [-0.1, -0.05) is 54.2 Å². The maximum Gasteiger partial charge on any atom is 0.0499 e. The monoisotopic (exact) mass is 338 g/mol. The molecule has 1 aromatic rings. The molecule has 1 aliphatic rings. The molecule has 2 nitrogen and oxygen atoms in total. The lowest BCUT2D eigenvalue weighted by Crippen LogP contribution is -2.44. The molecule has 2 unspecified atom stereocenters. The zero-order chi connectivity index (χ0) is 14.5. The Morgan fingerprint density at radius 3 is 2.60 bits per heavy atom. The number of rotatable bonds is 5. The van der Waals surface area contributed by atoms with Gasteiger partial charge in [-0.3, -0.25) is 4.90 Å². The van der Waals surface area contributed by atoms with Crippen LogP contribution in [0.5, 0.6) is 0 Å². The first-order valence-electron chi connectivity index (χ1n) is 7.86. The van der Waals surface area contributed by atoms with Gasteiger partial charge in [0.1, 0.15) is 0 Å². The highest BCUT2D eigenvalue weighted by Crippen LogP contribution is 2.32. The first-order chi connectivity index (χ1) is 9.63. The Hall–Kier alpha value is -0.380. The van der Waals surface area contributed by atoms with Crippen molar-refractivity contribution in [3.8, 4) is 0 Å². The van der Waals surface area contributed by atoms with Crippen molar-refractivity contribution < 1.29 is 0 Å². The maximum absolute atomic E-state index is 6.45. The van der Waals surface area contributed by atoms with Crippen LogP contribution in [0.15, 0.2) is 28.7 Å². The Morgan fingerprint density at radius 1 is 1.30 bits per heavy atom. The van der Waals surface area contributed by atoms with Crippen molar-refractivity contribution in [3.05, 3.63) is 34.3 Å². The van der Waals surface area contributed by atoms with E-state index in [0.29, 0.717) is 12.1 Å². The van der Waals surface area contributed by atoms with Crippen molar-refractivity contribution >= 4 is 15.9 Å². The molecule has 1 saturated carbocycles. The average Bonchev–Trinajstić information content (AvgIpc) is 2.48. The van der Waals surface area contributed by atoms with E-state index in [4.69, 9.17) is 5.73 Å². The highest BCUT2D eigenvalue weighted by atomic mass is 79.9. The minimum absolute atomic E-state index is 0.191. The fourth-order valence-electron chi connectivity index (χ4n) is 3.41. The predicted octanol–water partition coefficient (Wildman–Crippen LogP) is 4.49. The summed E-state index contributed by atoms with van der Waals surface area (Å²) < 4.78 is 1.14. The summed E-state index contributed by atoms with van der Waals surface area (Å²) in [6.07, 6.45) is 7.76. The maximum atomic E-state index is 6.45. The van der Waals surface area contributed by atoms with Crippen molar-refractivity contribution in [2.24, 2.45) is 5.73 Å². The number of hydrogen-bond acceptors (Lipinski definition) is 2. The van der Waals surface area contributed by atoms with Crippen molar-refractivity contribution in [2.45, 2.75) is 63.6 Å². The van der Waals surface area contributed by atoms with Gasteiger partial charge >= 0.3 is 0 Å². The lowest BCUT2D eigenvalue weighted by Gasteiger charge is -2.40. The van der Waals surface area contributed by atoms with Gasteiger partial charge in [0, 0.05) is 22.6 Å². The third kappa shape index (κ3) is 3.84. The number of halogens is 1. The fourth-order valence-corrected chi connectivity index (χ4v) is 3.83. The molecule has 0 bridgehead atoms. The number of likely N-dealkylation sites (N-methyl/N-ethyl adjacent to an activating group) is 1. The van der Waals surface area contributed by atoms with Crippen LogP contribution >= 0.6 is 15.9 Å². The van der Waals surface area contributed by atoms with E-state index in [9.17, 15) is 0 Å². The molecular formula is C17H27BrN2. The molecule has 0 spiro atoms. The van der Waals surface area contributed by atoms with Gasteiger partial charge in [-0.25, -0.2) is 0 Å². The Kier molecular flexibility index (Phi) is 6.06. The summed E-state index contributed by atoms with van der Waals surface area (Å²) in [6.45, 7) is 2.18. The molecule has 0 aliphatic heterocycles. The quantitative estimate of drug-likeness (QED) is 0.856. The average molecular weight is 339 g/mol. The summed E-state index contributed by atoms with van der Waals surface area (Å²) in [5.41, 5.74) is 7.78. The molecule has 2 rings (SSSR count). The molecule has 1 aliphatic carbocycles. The molecule has 2 atom stereocenters. The molecule has 3 heteroatoms. The van der Waals surface area contributed by atoms with Crippen LogP contribution in [0.1, 0.15) is 57.1 Å². The lowest BCUT2D eigenvalue weighted by molar-refractivity contribution is 0.118. The van der Waals surface area contributed by atoms with Crippen LogP contribution in [0.25, 0.3) is 0 Å². The first-order valence-corrected chi connectivity index (χ1v) is 8.65. The van der Waals surface area contributed by atoms with Crippen LogP contribution in [0.3, 0.4) is 0 Å². The SMILES string of the molecule is CCC(N)C(c1cccc(Br)c1)N(C)C1CCCCC1. The van der Waals surface area contributed by atoms with E-state index in [2.05, 4.69) is 59.1 Å². The van der Waals surface area contributed by atoms with Gasteiger partial charge in [0.05, 0.1) is 0 Å². The summed E-state index contributed by atoms with van der Waals surface area (Å²) in [5, 5.41) is 0. The van der Waals surface area contributed by atoms with Gasteiger partial charge in [0.15, 0.2) is 0 Å². The molecular weight excluding hydrogens is 312 g/mol. The van der Waals surface area contributed by atoms with Crippen LogP contribution in [-0.2, 0) is 0 Å². The summed E-state index contributed by atoms with van der Waals surface area (Å²) in [7, 11) is 2.26. The Balaban J connectivity index is 2.22. The summed E-state index contributed by atoms with van der Waals surface area (Å²) in [4.78, 5) is 2.54. The lowest BCUT2D eigenvalue weighted by atomic mass is 9.90. The second-order valence-electron chi connectivity index (χ2n) is 6.03. The van der Waals surface area contributed by atoms with Gasteiger partial charge in [0.25, 0.3) is 0 Å². The molecule has 0 radical (unpaired) electrons. The largest absolute Gasteiger partial charge is 0.326 e. The van der Waals surface area contributed by atoms with E-state index >= 15 is 0 Å². The normalized spacial score (nSPS) is 20.1. The topological polar surface area (TPSA) is 29.3 Å². The van der Waals surface area contributed by atoms with E-state index in [1.165, 1.54) is 37.7 Å². The standard InChI is InChI=1S/C17H27BrN2/c1-3-16(19)17(13-8-7-9-14(18)12-13)20(2)15-10-5-4-6-11-15/h7-9,12,15-17H,3-6,10-11,19H2,1-2H3. The zero-order valence-corrected chi connectivity index (χ0v) is 14.3. The van der Waals surface area contributed by atoms with E-state index in [1.54, 1.807) is 0 Å². The minimum atomic E-state index is 0.191. The minimum Gasteiger partial charge on any atom is -0.326 e. The van der Waals surface area contributed by atoms with Crippen LogP contribution in [0, 0.1) is 0 Å². The second-order valence-corrected chi connectivity index (χ2v) is 6.94. The number of benzene rings is 1. The molecule has 20 heavy (non-hydrogen) atoms. The van der Waals surface area contributed by atoms with Crippen molar-refractivity contribution in [1.29, 1.82) is 0 Å². The summed E-state index contributed by atoms with van der Waals surface area (Å²) in [5.74, 6) is 0. The van der Waals surface area contributed by atoms with Gasteiger partial charge in [0.2, 0.25) is 0 Å². The summed E-state index contributed by atoms with van der Waals surface area (Å²) >= 11 is 3.59. The molecule has 0 amide bonds. The molecule has 0 heterocycles. The molecule has 112 valence electrons. The molecule has 1 aromatic carbocycles. The summed E-state index contributed by atoms with van der Waals surface area (Å²) in [6, 6.07) is 9.83. The Morgan fingerprint density at radius 2 is 2.00 bits per heavy atom. The number of nitrogens with two attached hydrogens (primary N) is 1. The van der Waals surface area contributed by atoms with Crippen molar-refractivity contribution in [3.63, 3.8) is 0 Å². The van der Waals surface area contributed by atoms with Gasteiger partial charge < -0.3 is 5.73 Å². The Bertz CT molecular complexity index is 415. The molecule has 0 aromatic heterocycles. The van der Waals surface area contributed by atoms with Crippen molar-refractivity contribution in [2.75, 3.05) is 7.05 Å². The third-order valence-electron chi connectivity index (χ3n) is 4.66. The first kappa shape index (κ1) is 16.0. The predicted molar refractivity (Wildman–Crippen MR) is 89.8 cm³/mol. The van der Waals surface area contributed by atoms with Crippen LogP contribution in [0.2, 0.25) is 0 Å². The second kappa shape index (κ2) is 7.58. The van der Waals surface area contributed by atoms with Crippen LogP contribution in [0.4, 0.5) is 0 Å². The fraction of sp³-hybridized carbons (Fsp3) is 0.647. The zero-order valence-electron chi connectivity index (χ0n) is 12.7. The van der Waals surface area contributed by atoms with Gasteiger partial charge in [-0.05, 0) is 44.0 Å². The van der Waals surface area contributed by atoms with E-state index < -0.39 is 0 Å². The molecule has 1 fully saturated rings. The number of hydrogen-bond donors (Lipinski definition) is 1. The third-order valence-corrected chi connectivity index (χ3v) is 5.15. The van der Waals surface area contributed by atoms with E-state index in [1.807, 2.05) is 0 Å². The highest BCUT2D eigenvalue weighted by molar-refractivity contribution is 9.10. The molecule has 0 saturated heterocycles. The molecule has 2 N–H and O–H groups in total. The highest BCUT2D eigenvalue weighted by Gasteiger charge is 2.29. The van der Waals surface area contributed by atoms with Crippen LogP contribution in [-0.4, -0.2) is 24.0 Å². The van der Waals surface area contributed by atoms with Gasteiger partial charge in [-0.15, -0.1) is 0 Å². The van der Waals surface area contributed by atoms with E-state index in [-0.39, 0.29) is 6.04 Å². The van der Waals surface area contributed by atoms with Gasteiger partial charge in [-0.2, -0.15) is 0 Å². The van der Waals surface area contributed by atoms with Crippen LogP contribution < -0.4 is 5.73 Å². The van der Waals surface area contributed by atoms with E-state index in [0.717, 1.165) is 10.9 Å². The Labute approximate surface area is 131 Å². The number of nitrogens with zero attached hydrogens (tertiary/aromatic N) is 1. The van der Waals surface area contributed by atoms with Crippen molar-refractivity contribution in [1.82, 2.24) is 4.90 Å². The smallest absolute Gasteiger partial charge is 0.0499 e.